The van der Waals surface area contributed by atoms with Crippen molar-refractivity contribution in [1.29, 1.82) is 0 Å². The van der Waals surface area contributed by atoms with Gasteiger partial charge in [0, 0.05) is 16.3 Å². The molecular formula is C27H18FN. The van der Waals surface area contributed by atoms with E-state index in [1.54, 1.807) is 0 Å². The third-order valence-corrected chi connectivity index (χ3v) is 6.08. The Morgan fingerprint density at radius 1 is 0.690 bits per heavy atom. The first-order chi connectivity index (χ1) is 14.3. The maximum absolute atomic E-state index is 14.8. The smallest absolute Gasteiger partial charge is 0.149 e. The zero-order valence-corrected chi connectivity index (χ0v) is 15.8. The summed E-state index contributed by atoms with van der Waals surface area (Å²) in [5, 5.41) is 3.48. The van der Waals surface area contributed by atoms with E-state index in [2.05, 4.69) is 53.5 Å². The lowest BCUT2D eigenvalue weighted by Crippen LogP contribution is -2.04. The molecule has 1 heterocycles. The Labute approximate surface area is 168 Å². The standard InChI is InChI=1S/C27H18FN/c28-25-16-29-27(24-14-11-18-6-2-4-8-23(18)26(24)25)20-12-13-22-19(15-20)10-9-17-5-1-3-7-21(17)22/h1-8,11-16H,9-10H2. The van der Waals surface area contributed by atoms with Crippen LogP contribution in [0.4, 0.5) is 4.39 Å². The molecule has 29 heavy (non-hydrogen) atoms. The Kier molecular flexibility index (Phi) is 3.54. The van der Waals surface area contributed by atoms with Crippen molar-refractivity contribution in [3.05, 3.63) is 102 Å². The molecule has 1 aliphatic rings. The molecule has 0 spiro atoms. The molecule has 6 rings (SSSR count). The maximum Gasteiger partial charge on any atom is 0.149 e. The number of nitrogens with zero attached hydrogens (tertiary/aromatic N) is 1. The van der Waals surface area contributed by atoms with Gasteiger partial charge in [-0.2, -0.15) is 0 Å². The van der Waals surface area contributed by atoms with Crippen molar-refractivity contribution in [2.24, 2.45) is 0 Å². The van der Waals surface area contributed by atoms with E-state index in [4.69, 9.17) is 0 Å². The van der Waals surface area contributed by atoms with Gasteiger partial charge in [-0.25, -0.2) is 4.39 Å². The average Bonchev–Trinajstić information content (AvgIpc) is 2.78. The fourth-order valence-corrected chi connectivity index (χ4v) is 4.69. The SMILES string of the molecule is Fc1cnc(-c2ccc3c(c2)CCc2ccccc2-3)c2ccc3ccccc3c12. The molecule has 138 valence electrons. The summed E-state index contributed by atoms with van der Waals surface area (Å²) in [5.41, 5.74) is 7.25. The fraction of sp³-hybridized carbons (Fsp3) is 0.0741. The molecule has 0 N–H and O–H groups in total. The molecule has 5 aromatic rings. The first kappa shape index (κ1) is 16.4. The van der Waals surface area contributed by atoms with Gasteiger partial charge in [0.15, 0.2) is 0 Å². The lowest BCUT2D eigenvalue weighted by molar-refractivity contribution is 0.635. The van der Waals surface area contributed by atoms with Crippen LogP contribution in [0.1, 0.15) is 11.1 Å². The number of halogens is 1. The van der Waals surface area contributed by atoms with Crippen molar-refractivity contribution in [1.82, 2.24) is 4.98 Å². The Bertz CT molecular complexity index is 1420. The number of hydrogen-bond donors (Lipinski definition) is 0. The van der Waals surface area contributed by atoms with Crippen molar-refractivity contribution < 1.29 is 4.39 Å². The fourth-order valence-electron chi connectivity index (χ4n) is 4.69. The van der Waals surface area contributed by atoms with Gasteiger partial charge in [-0.05, 0) is 51.9 Å². The van der Waals surface area contributed by atoms with Crippen molar-refractivity contribution in [2.75, 3.05) is 0 Å². The monoisotopic (exact) mass is 375 g/mol. The molecule has 0 fully saturated rings. The van der Waals surface area contributed by atoms with E-state index in [0.717, 1.165) is 40.3 Å². The molecule has 0 bridgehead atoms. The van der Waals surface area contributed by atoms with E-state index in [1.807, 2.05) is 30.3 Å². The molecule has 0 saturated heterocycles. The molecule has 0 saturated carbocycles. The molecule has 0 aliphatic heterocycles. The van der Waals surface area contributed by atoms with Crippen molar-refractivity contribution >= 4 is 21.5 Å². The van der Waals surface area contributed by atoms with Crippen LogP contribution in [-0.4, -0.2) is 4.98 Å². The minimum absolute atomic E-state index is 0.271. The highest BCUT2D eigenvalue weighted by molar-refractivity contribution is 6.11. The van der Waals surface area contributed by atoms with E-state index in [0.29, 0.717) is 5.39 Å². The first-order valence-electron chi connectivity index (χ1n) is 9.97. The van der Waals surface area contributed by atoms with Crippen LogP contribution >= 0.6 is 0 Å². The number of hydrogen-bond acceptors (Lipinski definition) is 1. The van der Waals surface area contributed by atoms with Gasteiger partial charge in [0.25, 0.3) is 0 Å². The van der Waals surface area contributed by atoms with Crippen molar-refractivity contribution in [3.8, 4) is 22.4 Å². The van der Waals surface area contributed by atoms with Crippen molar-refractivity contribution in [3.63, 3.8) is 0 Å². The predicted molar refractivity (Wildman–Crippen MR) is 117 cm³/mol. The summed E-state index contributed by atoms with van der Waals surface area (Å²) in [6.45, 7) is 0. The molecule has 0 atom stereocenters. The zero-order valence-electron chi connectivity index (χ0n) is 15.8. The van der Waals surface area contributed by atoms with Crippen LogP contribution < -0.4 is 0 Å². The van der Waals surface area contributed by atoms with Gasteiger partial charge >= 0.3 is 0 Å². The Morgan fingerprint density at radius 2 is 1.48 bits per heavy atom. The topological polar surface area (TPSA) is 12.9 Å². The maximum atomic E-state index is 14.8. The summed E-state index contributed by atoms with van der Waals surface area (Å²) in [6, 6.07) is 27.2. The normalized spacial score (nSPS) is 12.7. The highest BCUT2D eigenvalue weighted by Crippen LogP contribution is 2.38. The van der Waals surface area contributed by atoms with E-state index in [-0.39, 0.29) is 5.82 Å². The molecule has 0 radical (unpaired) electrons. The molecule has 4 aromatic carbocycles. The molecule has 0 amide bonds. The summed E-state index contributed by atoms with van der Waals surface area (Å²) in [6.07, 6.45) is 3.43. The average molecular weight is 375 g/mol. The van der Waals surface area contributed by atoms with E-state index >= 15 is 0 Å². The highest BCUT2D eigenvalue weighted by Gasteiger charge is 2.18. The van der Waals surface area contributed by atoms with E-state index in [9.17, 15) is 4.39 Å². The van der Waals surface area contributed by atoms with Crippen LogP contribution in [0.5, 0.6) is 0 Å². The number of aromatic nitrogens is 1. The number of pyridine rings is 1. The van der Waals surface area contributed by atoms with Gasteiger partial charge in [-0.15, -0.1) is 0 Å². The molecular weight excluding hydrogens is 357 g/mol. The second-order valence-electron chi connectivity index (χ2n) is 7.69. The highest BCUT2D eigenvalue weighted by atomic mass is 19.1. The number of aryl methyl sites for hydroxylation is 2. The van der Waals surface area contributed by atoms with Crippen LogP contribution in [0.25, 0.3) is 43.9 Å². The van der Waals surface area contributed by atoms with Gasteiger partial charge in [-0.3, -0.25) is 4.98 Å². The van der Waals surface area contributed by atoms with Crippen LogP contribution in [0.3, 0.4) is 0 Å². The van der Waals surface area contributed by atoms with Crippen LogP contribution in [0, 0.1) is 5.82 Å². The number of fused-ring (bicyclic) bond motifs is 6. The summed E-state index contributed by atoms with van der Waals surface area (Å²) >= 11 is 0. The van der Waals surface area contributed by atoms with Gasteiger partial charge in [0.1, 0.15) is 5.82 Å². The van der Waals surface area contributed by atoms with E-state index < -0.39 is 0 Å². The first-order valence-corrected chi connectivity index (χ1v) is 9.97. The molecule has 1 aromatic heterocycles. The number of rotatable bonds is 1. The summed E-state index contributed by atoms with van der Waals surface area (Å²) in [4.78, 5) is 4.50. The second kappa shape index (κ2) is 6.25. The quantitative estimate of drug-likeness (QED) is 0.289. The Morgan fingerprint density at radius 3 is 2.45 bits per heavy atom. The third-order valence-electron chi connectivity index (χ3n) is 6.08. The number of benzene rings is 4. The van der Waals surface area contributed by atoms with Gasteiger partial charge in [-0.1, -0.05) is 72.8 Å². The largest absolute Gasteiger partial charge is 0.253 e. The predicted octanol–water partition coefficient (Wildman–Crippen LogP) is 6.96. The minimum atomic E-state index is -0.271. The molecule has 0 unspecified atom stereocenters. The lowest BCUT2D eigenvalue weighted by atomic mass is 9.84. The molecule has 1 aliphatic carbocycles. The summed E-state index contributed by atoms with van der Waals surface area (Å²) in [5.74, 6) is -0.271. The Balaban J connectivity index is 1.59. The Hall–Kier alpha value is -3.52. The minimum Gasteiger partial charge on any atom is -0.253 e. The van der Waals surface area contributed by atoms with Crippen LogP contribution in [-0.2, 0) is 12.8 Å². The van der Waals surface area contributed by atoms with Crippen LogP contribution in [0.15, 0.2) is 85.1 Å². The summed E-state index contributed by atoms with van der Waals surface area (Å²) in [7, 11) is 0. The zero-order chi connectivity index (χ0) is 19.4. The van der Waals surface area contributed by atoms with Crippen LogP contribution in [0.2, 0.25) is 0 Å². The van der Waals surface area contributed by atoms with E-state index in [1.165, 1.54) is 28.5 Å². The molecule has 1 nitrogen and oxygen atoms in total. The second-order valence-corrected chi connectivity index (χ2v) is 7.69. The van der Waals surface area contributed by atoms with Gasteiger partial charge < -0.3 is 0 Å². The lowest BCUT2D eigenvalue weighted by Gasteiger charge is -2.20. The van der Waals surface area contributed by atoms with Gasteiger partial charge in [0.2, 0.25) is 0 Å². The van der Waals surface area contributed by atoms with Gasteiger partial charge in [0.05, 0.1) is 11.9 Å². The van der Waals surface area contributed by atoms with Crippen molar-refractivity contribution in [2.45, 2.75) is 12.8 Å². The summed E-state index contributed by atoms with van der Waals surface area (Å²) < 4.78 is 14.8. The third kappa shape index (κ3) is 2.49. The molecule has 2 heteroatoms.